The van der Waals surface area contributed by atoms with E-state index >= 15 is 0 Å². The molecule has 0 saturated heterocycles. The van der Waals surface area contributed by atoms with Crippen molar-refractivity contribution in [2.24, 2.45) is 11.1 Å². The van der Waals surface area contributed by atoms with Crippen molar-refractivity contribution in [3.63, 3.8) is 0 Å². The van der Waals surface area contributed by atoms with Gasteiger partial charge in [0.1, 0.15) is 0 Å². The van der Waals surface area contributed by atoms with Crippen LogP contribution in [0.15, 0.2) is 0 Å². The second kappa shape index (κ2) is 5.61. The molecule has 1 aliphatic rings. The van der Waals surface area contributed by atoms with Crippen LogP contribution in [0.2, 0.25) is 0 Å². The molecule has 3 N–H and O–H groups in total. The average molecular weight is 243 g/mol. The van der Waals surface area contributed by atoms with E-state index in [1.807, 2.05) is 0 Å². The number of carbonyl (C=O) groups excluding carboxylic acids is 1. The van der Waals surface area contributed by atoms with Gasteiger partial charge in [0.15, 0.2) is 0 Å². The molecule has 1 amide bonds. The first-order chi connectivity index (χ1) is 6.50. The molecule has 0 bridgehead atoms. The van der Waals surface area contributed by atoms with Gasteiger partial charge in [-0.3, -0.25) is 4.79 Å². The van der Waals surface area contributed by atoms with E-state index in [1.165, 1.54) is 7.05 Å². The zero-order valence-corrected chi connectivity index (χ0v) is 9.45. The van der Waals surface area contributed by atoms with E-state index in [4.69, 9.17) is 5.73 Å². The third kappa shape index (κ3) is 3.28. The highest BCUT2D eigenvalue weighted by atomic mass is 35.5. The van der Waals surface area contributed by atoms with Crippen molar-refractivity contribution in [3.05, 3.63) is 0 Å². The van der Waals surface area contributed by atoms with Crippen LogP contribution in [-0.4, -0.2) is 25.4 Å². The third-order valence-electron chi connectivity index (χ3n) is 2.90. The van der Waals surface area contributed by atoms with Crippen molar-refractivity contribution in [2.45, 2.75) is 38.2 Å². The molecule has 0 aromatic heterocycles. The van der Waals surface area contributed by atoms with Gasteiger partial charge in [-0.1, -0.05) is 0 Å². The number of nitrogens with one attached hydrogen (secondary N) is 1. The van der Waals surface area contributed by atoms with Crippen LogP contribution in [-0.2, 0) is 4.79 Å². The van der Waals surface area contributed by atoms with Crippen molar-refractivity contribution in [1.29, 1.82) is 0 Å². The lowest BCUT2D eigenvalue weighted by Gasteiger charge is -2.26. The number of halogens is 3. The van der Waals surface area contributed by atoms with E-state index < -0.39 is 11.8 Å². The van der Waals surface area contributed by atoms with Gasteiger partial charge in [0, 0.05) is 19.5 Å². The molecule has 6 heteroatoms. The number of hydrogen-bond donors (Lipinski definition) is 2. The molecule has 0 aromatic rings. The van der Waals surface area contributed by atoms with Crippen molar-refractivity contribution in [2.75, 3.05) is 7.05 Å². The first kappa shape index (κ1) is 14.6. The molecule has 2 atom stereocenters. The molecule has 3 nitrogen and oxygen atoms in total. The van der Waals surface area contributed by atoms with Gasteiger partial charge in [0.25, 0.3) is 0 Å². The Kier molecular flexibility index (Phi) is 5.45. The van der Waals surface area contributed by atoms with Gasteiger partial charge in [0.2, 0.25) is 12.3 Å². The molecule has 1 saturated carbocycles. The molecule has 1 fully saturated rings. The highest BCUT2D eigenvalue weighted by Crippen LogP contribution is 2.42. The minimum absolute atomic E-state index is 0. The molecule has 0 aromatic carbocycles. The Morgan fingerprint density at radius 3 is 2.60 bits per heavy atom. The van der Waals surface area contributed by atoms with Gasteiger partial charge in [0.05, 0.1) is 5.41 Å². The largest absolute Gasteiger partial charge is 0.359 e. The molecule has 0 radical (unpaired) electrons. The fourth-order valence-electron chi connectivity index (χ4n) is 2.21. The summed E-state index contributed by atoms with van der Waals surface area (Å²) in [6.45, 7) is 0. The molecular formula is C9H17ClF2N2O. The number of amides is 1. The monoisotopic (exact) mass is 242 g/mol. The van der Waals surface area contributed by atoms with Crippen LogP contribution in [0.5, 0.6) is 0 Å². The van der Waals surface area contributed by atoms with Gasteiger partial charge in [-0.25, -0.2) is 8.78 Å². The quantitative estimate of drug-likeness (QED) is 0.784. The zero-order valence-electron chi connectivity index (χ0n) is 8.63. The number of alkyl halides is 2. The summed E-state index contributed by atoms with van der Waals surface area (Å²) in [5.41, 5.74) is 4.73. The summed E-state index contributed by atoms with van der Waals surface area (Å²) in [6, 6.07) is -0.119. The molecule has 15 heavy (non-hydrogen) atoms. The fourth-order valence-corrected chi connectivity index (χ4v) is 2.21. The van der Waals surface area contributed by atoms with Crippen LogP contribution in [0.4, 0.5) is 8.78 Å². The van der Waals surface area contributed by atoms with Crippen molar-refractivity contribution < 1.29 is 13.6 Å². The standard InChI is InChI=1S/C9H16F2N2O.ClH/c1-13-8(14)9(5-7(10)11)3-2-6(12)4-9;/h6-7H,2-5,12H2,1H3,(H,13,14);1H. The van der Waals surface area contributed by atoms with E-state index in [0.29, 0.717) is 19.3 Å². The van der Waals surface area contributed by atoms with Crippen LogP contribution < -0.4 is 11.1 Å². The van der Waals surface area contributed by atoms with Gasteiger partial charge in [-0.15, -0.1) is 12.4 Å². The Balaban J connectivity index is 0.00000196. The molecule has 0 heterocycles. The summed E-state index contributed by atoms with van der Waals surface area (Å²) in [4.78, 5) is 11.5. The third-order valence-corrected chi connectivity index (χ3v) is 2.90. The summed E-state index contributed by atoms with van der Waals surface area (Å²) in [5.74, 6) is -0.300. The lowest BCUT2D eigenvalue weighted by molar-refractivity contribution is -0.132. The highest BCUT2D eigenvalue weighted by molar-refractivity contribution is 5.85. The molecule has 0 aliphatic heterocycles. The van der Waals surface area contributed by atoms with Gasteiger partial charge in [-0.2, -0.15) is 0 Å². The molecular weight excluding hydrogens is 226 g/mol. The Bertz CT molecular complexity index is 228. The van der Waals surface area contributed by atoms with Crippen LogP contribution >= 0.6 is 12.4 Å². The SMILES string of the molecule is CNC(=O)C1(CC(F)F)CCC(N)C1.Cl. The van der Waals surface area contributed by atoms with E-state index in [0.717, 1.165) is 0 Å². The van der Waals surface area contributed by atoms with Crippen molar-refractivity contribution in [1.82, 2.24) is 5.32 Å². The first-order valence-corrected chi connectivity index (χ1v) is 4.76. The van der Waals surface area contributed by atoms with Crippen LogP contribution in [0, 0.1) is 5.41 Å². The zero-order chi connectivity index (χ0) is 10.8. The molecule has 1 rings (SSSR count). The predicted octanol–water partition coefficient (Wildman–Crippen LogP) is 1.31. The minimum Gasteiger partial charge on any atom is -0.359 e. The molecule has 2 unspecified atom stereocenters. The van der Waals surface area contributed by atoms with Crippen molar-refractivity contribution >= 4 is 18.3 Å². The van der Waals surface area contributed by atoms with E-state index in [9.17, 15) is 13.6 Å². The predicted molar refractivity (Wildman–Crippen MR) is 56.2 cm³/mol. The van der Waals surface area contributed by atoms with E-state index in [1.54, 1.807) is 0 Å². The summed E-state index contributed by atoms with van der Waals surface area (Å²) < 4.78 is 24.7. The average Bonchev–Trinajstić information content (AvgIpc) is 2.46. The Morgan fingerprint density at radius 1 is 1.67 bits per heavy atom. The topological polar surface area (TPSA) is 55.1 Å². The minimum atomic E-state index is -2.45. The fraction of sp³-hybridized carbons (Fsp3) is 0.889. The molecule has 0 spiro atoms. The van der Waals surface area contributed by atoms with Gasteiger partial charge >= 0.3 is 0 Å². The van der Waals surface area contributed by atoms with E-state index in [2.05, 4.69) is 5.32 Å². The highest BCUT2D eigenvalue weighted by Gasteiger charge is 2.45. The summed E-state index contributed by atoms with van der Waals surface area (Å²) >= 11 is 0. The smallest absolute Gasteiger partial charge is 0.239 e. The summed E-state index contributed by atoms with van der Waals surface area (Å²) in [7, 11) is 1.47. The Hall–Kier alpha value is -0.420. The van der Waals surface area contributed by atoms with Crippen LogP contribution in [0.3, 0.4) is 0 Å². The maximum Gasteiger partial charge on any atom is 0.239 e. The summed E-state index contributed by atoms with van der Waals surface area (Å²) in [5, 5.41) is 2.45. The first-order valence-electron chi connectivity index (χ1n) is 4.76. The van der Waals surface area contributed by atoms with Crippen molar-refractivity contribution in [3.8, 4) is 0 Å². The van der Waals surface area contributed by atoms with Gasteiger partial charge in [-0.05, 0) is 19.3 Å². The normalized spacial score (nSPS) is 30.1. The second-order valence-electron chi connectivity index (χ2n) is 3.96. The Labute approximate surface area is 94.2 Å². The maximum absolute atomic E-state index is 12.3. The molecule has 1 aliphatic carbocycles. The number of nitrogens with two attached hydrogens (primary N) is 1. The van der Waals surface area contributed by atoms with E-state index in [-0.39, 0.29) is 30.8 Å². The Morgan fingerprint density at radius 2 is 2.27 bits per heavy atom. The van der Waals surface area contributed by atoms with Crippen LogP contribution in [0.1, 0.15) is 25.7 Å². The number of carbonyl (C=O) groups is 1. The van der Waals surface area contributed by atoms with Gasteiger partial charge < -0.3 is 11.1 Å². The summed E-state index contributed by atoms with van der Waals surface area (Å²) in [6.07, 6.45) is -1.33. The lowest BCUT2D eigenvalue weighted by atomic mass is 9.81. The van der Waals surface area contributed by atoms with Crippen LogP contribution in [0.25, 0.3) is 0 Å². The second-order valence-corrected chi connectivity index (χ2v) is 3.96. The molecule has 90 valence electrons. The number of rotatable bonds is 3. The number of hydrogen-bond acceptors (Lipinski definition) is 2. The lowest BCUT2D eigenvalue weighted by Crippen LogP contribution is -2.39. The maximum atomic E-state index is 12.3.